The van der Waals surface area contributed by atoms with Crippen LogP contribution in [-0.2, 0) is 6.54 Å². The molecule has 1 aliphatic rings. The van der Waals surface area contributed by atoms with Crippen LogP contribution in [0, 0.1) is 0 Å². The summed E-state index contributed by atoms with van der Waals surface area (Å²) < 4.78 is 7.28. The number of nitrogens with zero attached hydrogens (tertiary/aromatic N) is 3. The van der Waals surface area contributed by atoms with Crippen molar-refractivity contribution in [2.45, 2.75) is 18.9 Å². The lowest BCUT2D eigenvalue weighted by atomic mass is 10.1. The lowest BCUT2D eigenvalue weighted by Gasteiger charge is -2.12. The summed E-state index contributed by atoms with van der Waals surface area (Å²) in [5.74, 6) is 1.23. The maximum absolute atomic E-state index is 5.07. The van der Waals surface area contributed by atoms with Crippen LogP contribution in [0.4, 0.5) is 0 Å². The normalized spacial score (nSPS) is 18.7. The molecule has 2 aromatic rings. The number of nitrogens with one attached hydrogen (secondary N) is 1. The summed E-state index contributed by atoms with van der Waals surface area (Å²) in [5, 5.41) is 3.40. The van der Waals surface area contributed by atoms with Crippen molar-refractivity contribution in [3.05, 3.63) is 42.1 Å². The topological polar surface area (TPSA) is 52.0 Å². The van der Waals surface area contributed by atoms with E-state index in [1.54, 1.807) is 7.11 Å². The second-order valence-corrected chi connectivity index (χ2v) is 4.84. The number of hydrogen-bond acceptors (Lipinski definition) is 4. The summed E-state index contributed by atoms with van der Waals surface area (Å²) >= 11 is 0. The first-order valence-corrected chi connectivity index (χ1v) is 6.56. The summed E-state index contributed by atoms with van der Waals surface area (Å²) in [4.78, 5) is 8.52. The van der Waals surface area contributed by atoms with Crippen molar-refractivity contribution >= 4 is 0 Å². The molecule has 0 bridgehead atoms. The third kappa shape index (κ3) is 2.61. The van der Waals surface area contributed by atoms with E-state index in [0.717, 1.165) is 25.2 Å². The highest BCUT2D eigenvalue weighted by atomic mass is 16.5. The Bertz CT molecular complexity index is 529. The van der Waals surface area contributed by atoms with Crippen LogP contribution < -0.4 is 10.1 Å². The van der Waals surface area contributed by atoms with Gasteiger partial charge in [-0.05, 0) is 18.5 Å². The van der Waals surface area contributed by atoms with Gasteiger partial charge in [0.2, 0.25) is 5.88 Å². The van der Waals surface area contributed by atoms with E-state index < -0.39 is 0 Å². The molecule has 1 fully saturated rings. The molecule has 1 aliphatic heterocycles. The van der Waals surface area contributed by atoms with Crippen molar-refractivity contribution in [3.63, 3.8) is 0 Å². The molecule has 0 aliphatic carbocycles. The minimum Gasteiger partial charge on any atom is -0.481 e. The molecule has 0 spiro atoms. The smallest absolute Gasteiger partial charge is 0.212 e. The Hall–Kier alpha value is -1.88. The van der Waals surface area contributed by atoms with Gasteiger partial charge in [0.25, 0.3) is 0 Å². The molecular weight excluding hydrogens is 240 g/mol. The van der Waals surface area contributed by atoms with Crippen LogP contribution >= 0.6 is 0 Å². The van der Waals surface area contributed by atoms with E-state index in [2.05, 4.69) is 19.9 Å². The van der Waals surface area contributed by atoms with Crippen LogP contribution in [0.5, 0.6) is 5.88 Å². The molecule has 3 rings (SSSR count). The molecule has 5 nitrogen and oxygen atoms in total. The number of methoxy groups -OCH3 is 1. The van der Waals surface area contributed by atoms with E-state index in [1.165, 1.54) is 12.1 Å². The molecule has 1 N–H and O–H groups in total. The zero-order chi connectivity index (χ0) is 13.1. The highest BCUT2D eigenvalue weighted by molar-refractivity contribution is 5.19. The monoisotopic (exact) mass is 258 g/mol. The van der Waals surface area contributed by atoms with Crippen molar-refractivity contribution in [3.8, 4) is 5.88 Å². The van der Waals surface area contributed by atoms with E-state index in [4.69, 9.17) is 4.74 Å². The average Bonchev–Trinajstić information content (AvgIpc) is 3.10. The largest absolute Gasteiger partial charge is 0.481 e. The molecule has 1 saturated heterocycles. The molecular formula is C14H18N4O. The first-order chi connectivity index (χ1) is 9.36. The first-order valence-electron chi connectivity index (χ1n) is 6.56. The van der Waals surface area contributed by atoms with E-state index >= 15 is 0 Å². The number of aromatic nitrogens is 3. The van der Waals surface area contributed by atoms with Crippen LogP contribution in [0.3, 0.4) is 0 Å². The zero-order valence-corrected chi connectivity index (χ0v) is 11.0. The average molecular weight is 258 g/mol. The predicted octanol–water partition coefficient (Wildman–Crippen LogP) is 1.41. The maximum Gasteiger partial charge on any atom is 0.212 e. The van der Waals surface area contributed by atoms with Gasteiger partial charge >= 0.3 is 0 Å². The van der Waals surface area contributed by atoms with E-state index in [-0.39, 0.29) is 0 Å². The SMILES string of the molecule is COc1ccc(Cn2cncc2C2CCNC2)cn1. The molecule has 1 unspecified atom stereocenters. The summed E-state index contributed by atoms with van der Waals surface area (Å²) in [5.41, 5.74) is 2.46. The highest BCUT2D eigenvalue weighted by Crippen LogP contribution is 2.22. The van der Waals surface area contributed by atoms with Crippen LogP contribution in [0.25, 0.3) is 0 Å². The van der Waals surface area contributed by atoms with Crippen LogP contribution in [-0.4, -0.2) is 34.7 Å². The molecule has 100 valence electrons. The van der Waals surface area contributed by atoms with Gasteiger partial charge in [0, 0.05) is 36.6 Å². The molecule has 1 atom stereocenters. The van der Waals surface area contributed by atoms with Gasteiger partial charge in [-0.3, -0.25) is 0 Å². The fourth-order valence-electron chi connectivity index (χ4n) is 2.53. The number of imidazole rings is 1. The van der Waals surface area contributed by atoms with Gasteiger partial charge in [0.1, 0.15) is 0 Å². The molecule has 19 heavy (non-hydrogen) atoms. The van der Waals surface area contributed by atoms with Crippen LogP contribution in [0.15, 0.2) is 30.9 Å². The quantitative estimate of drug-likeness (QED) is 0.901. The van der Waals surface area contributed by atoms with Gasteiger partial charge < -0.3 is 14.6 Å². The Morgan fingerprint density at radius 3 is 3.05 bits per heavy atom. The van der Waals surface area contributed by atoms with Gasteiger partial charge in [-0.2, -0.15) is 0 Å². The van der Waals surface area contributed by atoms with Gasteiger partial charge in [0.05, 0.1) is 20.0 Å². The van der Waals surface area contributed by atoms with Crippen molar-refractivity contribution in [1.82, 2.24) is 19.9 Å². The van der Waals surface area contributed by atoms with Gasteiger partial charge in [-0.15, -0.1) is 0 Å². The lowest BCUT2D eigenvalue weighted by molar-refractivity contribution is 0.397. The van der Waals surface area contributed by atoms with Crippen molar-refractivity contribution in [1.29, 1.82) is 0 Å². The van der Waals surface area contributed by atoms with Gasteiger partial charge in [-0.25, -0.2) is 9.97 Å². The predicted molar refractivity (Wildman–Crippen MR) is 72.3 cm³/mol. The number of hydrogen-bond donors (Lipinski definition) is 1. The van der Waals surface area contributed by atoms with Crippen molar-refractivity contribution in [2.24, 2.45) is 0 Å². The highest BCUT2D eigenvalue weighted by Gasteiger charge is 2.20. The van der Waals surface area contributed by atoms with Crippen LogP contribution in [0.2, 0.25) is 0 Å². The first kappa shape index (κ1) is 12.2. The number of rotatable bonds is 4. The third-order valence-electron chi connectivity index (χ3n) is 3.58. The Kier molecular flexibility index (Phi) is 3.46. The summed E-state index contributed by atoms with van der Waals surface area (Å²) in [6.45, 7) is 2.95. The molecule has 5 heteroatoms. The fraction of sp³-hybridized carbons (Fsp3) is 0.429. The standard InChI is InChI=1S/C14H18N4O/c1-19-14-3-2-11(6-17-14)9-18-10-16-8-13(18)12-4-5-15-7-12/h2-3,6,8,10,12,15H,4-5,7,9H2,1H3. The summed E-state index contributed by atoms with van der Waals surface area (Å²) in [6.07, 6.45) is 6.93. The Labute approximate surface area is 112 Å². The van der Waals surface area contributed by atoms with E-state index in [9.17, 15) is 0 Å². The fourth-order valence-corrected chi connectivity index (χ4v) is 2.53. The second kappa shape index (κ2) is 5.40. The molecule has 0 radical (unpaired) electrons. The Morgan fingerprint density at radius 1 is 1.42 bits per heavy atom. The molecule has 2 aromatic heterocycles. The minimum absolute atomic E-state index is 0.578. The molecule has 0 saturated carbocycles. The van der Waals surface area contributed by atoms with Crippen molar-refractivity contribution in [2.75, 3.05) is 20.2 Å². The van der Waals surface area contributed by atoms with Crippen LogP contribution in [0.1, 0.15) is 23.6 Å². The summed E-state index contributed by atoms with van der Waals surface area (Å²) in [7, 11) is 1.63. The molecule has 0 amide bonds. The maximum atomic E-state index is 5.07. The number of ether oxygens (including phenoxy) is 1. The van der Waals surface area contributed by atoms with E-state index in [1.807, 2.05) is 30.9 Å². The third-order valence-corrected chi connectivity index (χ3v) is 3.58. The number of pyridine rings is 1. The minimum atomic E-state index is 0.578. The molecule has 3 heterocycles. The second-order valence-electron chi connectivity index (χ2n) is 4.84. The van der Waals surface area contributed by atoms with Gasteiger partial charge in [-0.1, -0.05) is 6.07 Å². The summed E-state index contributed by atoms with van der Waals surface area (Å²) in [6, 6.07) is 3.94. The Balaban J connectivity index is 1.77. The molecule has 0 aromatic carbocycles. The Morgan fingerprint density at radius 2 is 2.37 bits per heavy atom. The van der Waals surface area contributed by atoms with Crippen molar-refractivity contribution < 1.29 is 4.74 Å². The zero-order valence-electron chi connectivity index (χ0n) is 11.0. The van der Waals surface area contributed by atoms with Gasteiger partial charge in [0.15, 0.2) is 0 Å². The lowest BCUT2D eigenvalue weighted by Crippen LogP contribution is -2.12. The van der Waals surface area contributed by atoms with E-state index in [0.29, 0.717) is 11.8 Å².